The fourth-order valence-corrected chi connectivity index (χ4v) is 5.65. The van der Waals surface area contributed by atoms with Crippen molar-refractivity contribution >= 4 is 38.9 Å². The lowest BCUT2D eigenvalue weighted by atomic mass is 9.58. The molecule has 2 aromatic rings. The van der Waals surface area contributed by atoms with Crippen molar-refractivity contribution in [1.82, 2.24) is 15.1 Å². The van der Waals surface area contributed by atoms with Gasteiger partial charge in [0, 0.05) is 15.8 Å². The van der Waals surface area contributed by atoms with Crippen LogP contribution < -0.4 is 16.2 Å². The summed E-state index contributed by atoms with van der Waals surface area (Å²) in [5.74, 6) is 1.35. The highest BCUT2D eigenvalue weighted by Crippen LogP contribution is 2.48. The average molecular weight is 510 g/mol. The van der Waals surface area contributed by atoms with Crippen LogP contribution in [-0.2, 0) is 17.9 Å². The van der Waals surface area contributed by atoms with Crippen molar-refractivity contribution in [3.63, 3.8) is 0 Å². The van der Waals surface area contributed by atoms with E-state index in [1.165, 1.54) is 9.56 Å². The molecule has 0 bridgehead atoms. The maximum absolute atomic E-state index is 12.8. The van der Waals surface area contributed by atoms with Crippen LogP contribution in [0.5, 0.6) is 0 Å². The number of nitrogens with one attached hydrogen (secondary N) is 2. The fourth-order valence-electron chi connectivity index (χ4n) is 4.40. The second kappa shape index (κ2) is 9.45. The Hall–Kier alpha value is -1.67. The summed E-state index contributed by atoms with van der Waals surface area (Å²) in [6.07, 6.45) is 2.68. The van der Waals surface area contributed by atoms with Gasteiger partial charge in [-0.05, 0) is 64.6 Å². The van der Waals surface area contributed by atoms with E-state index < -0.39 is 0 Å². The summed E-state index contributed by atoms with van der Waals surface area (Å²) in [5, 5.41) is 10.6. The molecule has 1 saturated carbocycles. The first kappa shape index (κ1) is 24.0. The Morgan fingerprint density at radius 2 is 2.03 bits per heavy atom. The maximum atomic E-state index is 12.8. The number of amides is 1. The molecule has 0 spiro atoms. The number of rotatable bonds is 6. The van der Waals surface area contributed by atoms with Crippen LogP contribution in [-0.4, -0.2) is 21.7 Å². The molecule has 3 rings (SSSR count). The molecule has 6 nitrogen and oxygen atoms in total. The molecule has 8 heteroatoms. The summed E-state index contributed by atoms with van der Waals surface area (Å²) in [6.45, 7) is 14.0. The first-order valence-corrected chi connectivity index (χ1v) is 12.5. The van der Waals surface area contributed by atoms with Gasteiger partial charge in [-0.15, -0.1) is 11.3 Å². The Labute approximate surface area is 197 Å². The Morgan fingerprint density at radius 3 is 2.68 bits per heavy atom. The molecule has 31 heavy (non-hydrogen) atoms. The summed E-state index contributed by atoms with van der Waals surface area (Å²) in [7, 11) is 0. The number of carbonyl (C=O) groups excluding carboxylic acids is 1. The lowest BCUT2D eigenvalue weighted by molar-refractivity contribution is -0.122. The van der Waals surface area contributed by atoms with Gasteiger partial charge >= 0.3 is 0 Å². The third kappa shape index (κ3) is 5.22. The van der Waals surface area contributed by atoms with Crippen molar-refractivity contribution in [2.45, 2.75) is 67.1 Å². The third-order valence-electron chi connectivity index (χ3n) is 7.35. The molecule has 170 valence electrons. The first-order valence-electron chi connectivity index (χ1n) is 10.8. The van der Waals surface area contributed by atoms with E-state index in [1.807, 2.05) is 19.1 Å². The highest BCUT2D eigenvalue weighted by atomic mass is 79.9. The van der Waals surface area contributed by atoms with E-state index in [9.17, 15) is 9.59 Å². The summed E-state index contributed by atoms with van der Waals surface area (Å²) in [4.78, 5) is 27.4. The molecule has 0 saturated heterocycles. The van der Waals surface area contributed by atoms with E-state index >= 15 is 0 Å². The van der Waals surface area contributed by atoms with Gasteiger partial charge < -0.3 is 10.6 Å². The van der Waals surface area contributed by atoms with E-state index in [0.717, 1.165) is 11.3 Å². The van der Waals surface area contributed by atoms with E-state index in [0.29, 0.717) is 34.5 Å². The van der Waals surface area contributed by atoms with Gasteiger partial charge in [-0.25, -0.2) is 4.68 Å². The normalized spacial score (nSPS) is 25.3. The van der Waals surface area contributed by atoms with Crippen molar-refractivity contribution < 1.29 is 4.79 Å². The zero-order valence-corrected chi connectivity index (χ0v) is 21.6. The number of aryl methyl sites for hydroxylation is 1. The van der Waals surface area contributed by atoms with Crippen LogP contribution in [0.4, 0.5) is 5.69 Å². The number of nitrogens with zero attached hydrogens (tertiary/aromatic N) is 2. The number of anilines is 1. The number of aromatic nitrogens is 2. The molecule has 0 unspecified atom stereocenters. The van der Waals surface area contributed by atoms with Crippen molar-refractivity contribution in [2.24, 2.45) is 23.2 Å². The number of hydrogen-bond acceptors (Lipinski definition) is 5. The van der Waals surface area contributed by atoms with Gasteiger partial charge in [0.2, 0.25) is 5.91 Å². The minimum atomic E-state index is -0.308. The van der Waals surface area contributed by atoms with Crippen molar-refractivity contribution in [1.29, 1.82) is 0 Å². The number of carbonyl (C=O) groups is 1. The van der Waals surface area contributed by atoms with Gasteiger partial charge in [0.25, 0.3) is 5.56 Å². The van der Waals surface area contributed by atoms with Gasteiger partial charge in [-0.2, -0.15) is 5.10 Å². The maximum Gasteiger partial charge on any atom is 0.283 e. The second-order valence-corrected chi connectivity index (χ2v) is 11.6. The summed E-state index contributed by atoms with van der Waals surface area (Å²) in [6, 6.07) is 4.29. The predicted molar refractivity (Wildman–Crippen MR) is 130 cm³/mol. The highest BCUT2D eigenvalue weighted by molar-refractivity contribution is 9.10. The molecule has 1 aliphatic rings. The second-order valence-electron chi connectivity index (χ2n) is 9.48. The van der Waals surface area contributed by atoms with Gasteiger partial charge in [0.15, 0.2) is 0 Å². The van der Waals surface area contributed by atoms with Crippen LogP contribution >= 0.6 is 27.3 Å². The van der Waals surface area contributed by atoms with Crippen LogP contribution in [0.15, 0.2) is 27.6 Å². The standard InChI is InChI=1S/C23H33BrN4O2S/c1-13-9-18(15(3)16(4)23(13,5)6)27-19-11-26-28(22(30)21(19)24)12-20(29)25-10-17-8-7-14(2)31-17/h7-8,11,13,15-16,18,27H,9-10,12H2,1-6H3,(H,25,29)/t13-,15+,16+,18+/m0/s1. The summed E-state index contributed by atoms with van der Waals surface area (Å²) < 4.78 is 1.62. The molecule has 1 amide bonds. The highest BCUT2D eigenvalue weighted by Gasteiger charge is 2.43. The average Bonchev–Trinajstić information content (AvgIpc) is 3.14. The lowest BCUT2D eigenvalue weighted by Crippen LogP contribution is -2.48. The van der Waals surface area contributed by atoms with Crippen LogP contribution in [0.1, 0.15) is 50.8 Å². The lowest BCUT2D eigenvalue weighted by Gasteiger charge is -2.50. The molecule has 4 atom stereocenters. The van der Waals surface area contributed by atoms with Gasteiger partial charge in [-0.1, -0.05) is 34.6 Å². The topological polar surface area (TPSA) is 76.0 Å². The van der Waals surface area contributed by atoms with Gasteiger partial charge in [0.1, 0.15) is 11.0 Å². The molecule has 2 heterocycles. The fraction of sp³-hybridized carbons (Fsp3) is 0.609. The Kier molecular flexibility index (Phi) is 7.31. The minimum absolute atomic E-state index is 0.107. The molecule has 1 aliphatic carbocycles. The molecule has 1 fully saturated rings. The monoisotopic (exact) mass is 508 g/mol. The molecule has 2 N–H and O–H groups in total. The SMILES string of the molecule is Cc1ccc(CNC(=O)Cn2ncc(N[C@@H]3C[C@H](C)C(C)(C)[C@H](C)[C@H]3C)c(Br)c2=O)s1. The molecule has 0 aliphatic heterocycles. The van der Waals surface area contributed by atoms with Crippen LogP contribution in [0.3, 0.4) is 0 Å². The van der Waals surface area contributed by atoms with E-state index in [2.05, 4.69) is 66.3 Å². The van der Waals surface area contributed by atoms with Crippen molar-refractivity contribution in [3.05, 3.63) is 42.9 Å². The van der Waals surface area contributed by atoms with Crippen LogP contribution in [0.25, 0.3) is 0 Å². The smallest absolute Gasteiger partial charge is 0.283 e. The van der Waals surface area contributed by atoms with Gasteiger partial charge in [-0.3, -0.25) is 9.59 Å². The zero-order chi connectivity index (χ0) is 22.9. The van der Waals surface area contributed by atoms with Crippen molar-refractivity contribution in [2.75, 3.05) is 5.32 Å². The molecule has 2 aromatic heterocycles. The van der Waals surface area contributed by atoms with Crippen molar-refractivity contribution in [3.8, 4) is 0 Å². The third-order valence-corrected chi connectivity index (χ3v) is 9.12. The largest absolute Gasteiger partial charge is 0.380 e. The van der Waals surface area contributed by atoms with E-state index in [-0.39, 0.29) is 29.5 Å². The zero-order valence-electron chi connectivity index (χ0n) is 19.2. The predicted octanol–water partition coefficient (Wildman–Crippen LogP) is 4.81. The van der Waals surface area contributed by atoms with E-state index in [4.69, 9.17) is 0 Å². The quantitative estimate of drug-likeness (QED) is 0.586. The molecular formula is C23H33BrN4O2S. The van der Waals surface area contributed by atoms with E-state index in [1.54, 1.807) is 17.5 Å². The van der Waals surface area contributed by atoms with Crippen LogP contribution in [0.2, 0.25) is 0 Å². The Morgan fingerprint density at radius 1 is 1.32 bits per heavy atom. The molecule has 0 radical (unpaired) electrons. The molecule has 0 aromatic carbocycles. The first-order chi connectivity index (χ1) is 14.5. The number of hydrogen-bond donors (Lipinski definition) is 2. The van der Waals surface area contributed by atoms with Gasteiger partial charge in [0.05, 0.1) is 18.4 Å². The Bertz CT molecular complexity index is 1000. The summed E-state index contributed by atoms with van der Waals surface area (Å²) >= 11 is 5.08. The number of thiophene rings is 1. The minimum Gasteiger partial charge on any atom is -0.380 e. The summed E-state index contributed by atoms with van der Waals surface area (Å²) in [5.41, 5.74) is 0.662. The number of halogens is 1. The van der Waals surface area contributed by atoms with Crippen LogP contribution in [0, 0.1) is 30.1 Å². The molecular weight excluding hydrogens is 476 g/mol. The Balaban J connectivity index is 1.66.